The SMILES string of the molecule is NC(=O)[C@@H]1CN(Cc2ccccc2)CCN1. The molecule has 0 radical (unpaired) electrons. The first-order valence-electron chi connectivity index (χ1n) is 5.54. The lowest BCUT2D eigenvalue weighted by Crippen LogP contribution is -2.55. The third-order valence-electron chi connectivity index (χ3n) is 2.85. The van der Waals surface area contributed by atoms with Crippen LogP contribution in [0.25, 0.3) is 0 Å². The molecule has 3 N–H and O–H groups in total. The Hall–Kier alpha value is -1.39. The third-order valence-corrected chi connectivity index (χ3v) is 2.85. The highest BCUT2D eigenvalue weighted by atomic mass is 16.1. The van der Waals surface area contributed by atoms with Crippen LogP contribution in [0, 0.1) is 0 Å². The van der Waals surface area contributed by atoms with E-state index in [2.05, 4.69) is 22.3 Å². The number of hydrogen-bond acceptors (Lipinski definition) is 3. The summed E-state index contributed by atoms with van der Waals surface area (Å²) in [6, 6.07) is 10.1. The molecule has 1 aromatic carbocycles. The lowest BCUT2D eigenvalue weighted by molar-refractivity contribution is -0.121. The number of carbonyl (C=O) groups excluding carboxylic acids is 1. The molecule has 0 aromatic heterocycles. The van der Waals surface area contributed by atoms with Crippen molar-refractivity contribution in [2.75, 3.05) is 19.6 Å². The van der Waals surface area contributed by atoms with Gasteiger partial charge in [-0.05, 0) is 5.56 Å². The van der Waals surface area contributed by atoms with Crippen molar-refractivity contribution >= 4 is 5.91 Å². The van der Waals surface area contributed by atoms with E-state index in [1.54, 1.807) is 0 Å². The Kier molecular flexibility index (Phi) is 3.54. The molecule has 1 saturated heterocycles. The first kappa shape index (κ1) is 11.1. The van der Waals surface area contributed by atoms with Gasteiger partial charge >= 0.3 is 0 Å². The first-order chi connectivity index (χ1) is 7.75. The van der Waals surface area contributed by atoms with Crippen LogP contribution in [0.4, 0.5) is 0 Å². The lowest BCUT2D eigenvalue weighted by atomic mass is 10.1. The molecule has 1 atom stereocenters. The Morgan fingerprint density at radius 1 is 1.44 bits per heavy atom. The maximum absolute atomic E-state index is 11.1. The van der Waals surface area contributed by atoms with E-state index in [0.29, 0.717) is 6.54 Å². The Morgan fingerprint density at radius 2 is 2.19 bits per heavy atom. The molecule has 0 spiro atoms. The van der Waals surface area contributed by atoms with Crippen LogP contribution in [0.2, 0.25) is 0 Å². The molecule has 1 fully saturated rings. The van der Waals surface area contributed by atoms with E-state index in [9.17, 15) is 4.79 Å². The molecular formula is C12H17N3O. The second-order valence-corrected chi connectivity index (χ2v) is 4.13. The topological polar surface area (TPSA) is 58.4 Å². The zero-order valence-corrected chi connectivity index (χ0v) is 9.23. The van der Waals surface area contributed by atoms with Crippen LogP contribution in [0.15, 0.2) is 30.3 Å². The van der Waals surface area contributed by atoms with Gasteiger partial charge in [-0.1, -0.05) is 30.3 Å². The van der Waals surface area contributed by atoms with Gasteiger partial charge in [0.2, 0.25) is 5.91 Å². The lowest BCUT2D eigenvalue weighted by Gasteiger charge is -2.32. The summed E-state index contributed by atoms with van der Waals surface area (Å²) in [7, 11) is 0. The predicted molar refractivity (Wildman–Crippen MR) is 62.7 cm³/mol. The highest BCUT2D eigenvalue weighted by Crippen LogP contribution is 2.07. The van der Waals surface area contributed by atoms with Crippen LogP contribution in [-0.4, -0.2) is 36.5 Å². The molecular weight excluding hydrogens is 202 g/mol. The summed E-state index contributed by atoms with van der Waals surface area (Å²) in [6.07, 6.45) is 0. The summed E-state index contributed by atoms with van der Waals surface area (Å²) >= 11 is 0. The number of benzene rings is 1. The van der Waals surface area contributed by atoms with Crippen molar-refractivity contribution < 1.29 is 4.79 Å². The van der Waals surface area contributed by atoms with Crippen molar-refractivity contribution in [2.24, 2.45) is 5.73 Å². The van der Waals surface area contributed by atoms with Crippen LogP contribution in [-0.2, 0) is 11.3 Å². The van der Waals surface area contributed by atoms with Gasteiger partial charge in [-0.15, -0.1) is 0 Å². The number of rotatable bonds is 3. The van der Waals surface area contributed by atoms with E-state index in [0.717, 1.165) is 19.6 Å². The van der Waals surface area contributed by atoms with Gasteiger partial charge in [0.1, 0.15) is 0 Å². The summed E-state index contributed by atoms with van der Waals surface area (Å²) in [5.74, 6) is -0.266. The molecule has 1 aliphatic rings. The van der Waals surface area contributed by atoms with Crippen LogP contribution in [0.3, 0.4) is 0 Å². The Balaban J connectivity index is 1.93. The first-order valence-corrected chi connectivity index (χ1v) is 5.54. The quantitative estimate of drug-likeness (QED) is 0.749. The van der Waals surface area contributed by atoms with Crippen molar-refractivity contribution in [3.05, 3.63) is 35.9 Å². The number of nitrogens with two attached hydrogens (primary N) is 1. The number of primary amides is 1. The van der Waals surface area contributed by atoms with Gasteiger partial charge in [-0.3, -0.25) is 9.69 Å². The molecule has 0 unspecified atom stereocenters. The number of piperazine rings is 1. The Morgan fingerprint density at radius 3 is 2.88 bits per heavy atom. The second-order valence-electron chi connectivity index (χ2n) is 4.13. The van der Waals surface area contributed by atoms with Gasteiger partial charge in [0.05, 0.1) is 6.04 Å². The van der Waals surface area contributed by atoms with Crippen molar-refractivity contribution in [1.82, 2.24) is 10.2 Å². The molecule has 0 aliphatic carbocycles. The normalized spacial score (nSPS) is 21.9. The fourth-order valence-electron chi connectivity index (χ4n) is 1.99. The van der Waals surface area contributed by atoms with E-state index >= 15 is 0 Å². The summed E-state index contributed by atoms with van der Waals surface area (Å²) < 4.78 is 0. The molecule has 1 heterocycles. The summed E-state index contributed by atoms with van der Waals surface area (Å²) in [4.78, 5) is 13.3. The van der Waals surface area contributed by atoms with Gasteiger partial charge < -0.3 is 11.1 Å². The van der Waals surface area contributed by atoms with Crippen LogP contribution in [0.5, 0.6) is 0 Å². The summed E-state index contributed by atoms with van der Waals surface area (Å²) in [6.45, 7) is 3.36. The minimum atomic E-state index is -0.266. The zero-order valence-electron chi connectivity index (χ0n) is 9.23. The molecule has 16 heavy (non-hydrogen) atoms. The van der Waals surface area contributed by atoms with Crippen molar-refractivity contribution in [3.8, 4) is 0 Å². The monoisotopic (exact) mass is 219 g/mol. The maximum Gasteiger partial charge on any atom is 0.235 e. The second kappa shape index (κ2) is 5.09. The maximum atomic E-state index is 11.1. The van der Waals surface area contributed by atoms with Gasteiger partial charge in [-0.25, -0.2) is 0 Å². The molecule has 86 valence electrons. The molecule has 0 saturated carbocycles. The molecule has 2 rings (SSSR count). The highest BCUT2D eigenvalue weighted by Gasteiger charge is 2.22. The molecule has 4 heteroatoms. The van der Waals surface area contributed by atoms with Crippen molar-refractivity contribution in [3.63, 3.8) is 0 Å². The van der Waals surface area contributed by atoms with E-state index in [1.165, 1.54) is 5.56 Å². The number of nitrogens with zero attached hydrogens (tertiary/aromatic N) is 1. The van der Waals surface area contributed by atoms with Gasteiger partial charge in [0, 0.05) is 26.2 Å². The van der Waals surface area contributed by atoms with Crippen LogP contribution in [0.1, 0.15) is 5.56 Å². The third kappa shape index (κ3) is 2.81. The number of amides is 1. The van der Waals surface area contributed by atoms with Crippen LogP contribution < -0.4 is 11.1 Å². The fourth-order valence-corrected chi connectivity index (χ4v) is 1.99. The van der Waals surface area contributed by atoms with Crippen molar-refractivity contribution in [1.29, 1.82) is 0 Å². The number of carbonyl (C=O) groups is 1. The Bertz CT molecular complexity index is 353. The highest BCUT2D eigenvalue weighted by molar-refractivity contribution is 5.80. The van der Waals surface area contributed by atoms with Crippen molar-refractivity contribution in [2.45, 2.75) is 12.6 Å². The van der Waals surface area contributed by atoms with Gasteiger partial charge in [-0.2, -0.15) is 0 Å². The summed E-state index contributed by atoms with van der Waals surface area (Å²) in [5.41, 5.74) is 6.57. The average molecular weight is 219 g/mol. The minimum absolute atomic E-state index is 0.211. The van der Waals surface area contributed by atoms with E-state index < -0.39 is 0 Å². The smallest absolute Gasteiger partial charge is 0.235 e. The van der Waals surface area contributed by atoms with E-state index in [4.69, 9.17) is 5.73 Å². The fraction of sp³-hybridized carbons (Fsp3) is 0.417. The Labute approximate surface area is 95.4 Å². The average Bonchev–Trinajstić information content (AvgIpc) is 2.30. The summed E-state index contributed by atoms with van der Waals surface area (Å²) in [5, 5.41) is 3.12. The number of nitrogens with one attached hydrogen (secondary N) is 1. The van der Waals surface area contributed by atoms with Gasteiger partial charge in [0.25, 0.3) is 0 Å². The molecule has 0 bridgehead atoms. The molecule has 4 nitrogen and oxygen atoms in total. The zero-order chi connectivity index (χ0) is 11.4. The largest absolute Gasteiger partial charge is 0.368 e. The molecule has 1 aliphatic heterocycles. The van der Waals surface area contributed by atoms with E-state index in [-0.39, 0.29) is 11.9 Å². The predicted octanol–water partition coefficient (Wildman–Crippen LogP) is -0.0543. The van der Waals surface area contributed by atoms with E-state index in [1.807, 2.05) is 18.2 Å². The number of hydrogen-bond donors (Lipinski definition) is 2. The standard InChI is InChI=1S/C12H17N3O/c13-12(16)11-9-15(7-6-14-11)8-10-4-2-1-3-5-10/h1-5,11,14H,6-9H2,(H2,13,16)/t11-/m0/s1. The minimum Gasteiger partial charge on any atom is -0.368 e. The van der Waals surface area contributed by atoms with Crippen LogP contribution >= 0.6 is 0 Å². The van der Waals surface area contributed by atoms with Gasteiger partial charge in [0.15, 0.2) is 0 Å². The molecule has 1 aromatic rings. The molecule has 1 amide bonds.